The summed E-state index contributed by atoms with van der Waals surface area (Å²) in [5.74, 6) is 0. The van der Waals surface area contributed by atoms with Crippen molar-refractivity contribution >= 4 is 43.7 Å². The topological polar surface area (TPSA) is 18.1 Å². The molecule has 0 bridgehead atoms. The molecule has 0 aliphatic carbocycles. The van der Waals surface area contributed by atoms with E-state index in [9.17, 15) is 0 Å². The Balaban J connectivity index is 1.14. The van der Waals surface area contributed by atoms with Crippen LogP contribution in [0.15, 0.2) is 144 Å². The van der Waals surface area contributed by atoms with E-state index in [0.717, 1.165) is 33.9 Å². The van der Waals surface area contributed by atoms with Crippen LogP contribution in [0, 0.1) is 0 Å². The molecule has 2 nitrogen and oxygen atoms in total. The fourth-order valence-corrected chi connectivity index (χ4v) is 6.02. The summed E-state index contributed by atoms with van der Waals surface area (Å²) in [7, 11) is 0. The number of furan rings is 1. The van der Waals surface area contributed by atoms with Crippen molar-refractivity contribution in [3.63, 3.8) is 0 Å². The molecule has 0 spiro atoms. The molecule has 8 aromatic rings. The lowest BCUT2D eigenvalue weighted by Crippen LogP contribution is -1.95. The van der Waals surface area contributed by atoms with Crippen LogP contribution in [-0.4, -0.2) is 4.57 Å². The van der Waals surface area contributed by atoms with Crippen LogP contribution in [0.3, 0.4) is 0 Å². The highest BCUT2D eigenvalue weighted by Crippen LogP contribution is 2.36. The first-order chi connectivity index (χ1) is 19.3. The Bertz CT molecular complexity index is 2090. The standard InChI is InChI=1S/C37H25NO/c1-4-16-34-30(11-1)31-12-2-5-17-35(31)38(34)28-21-19-25(20-22-28)23-26-9-7-10-27(24-26)29-14-8-15-33-32-13-3-6-18-36(32)39-37(29)33/h1-22,24H,23H2. The number of benzene rings is 6. The smallest absolute Gasteiger partial charge is 0.143 e. The first-order valence-electron chi connectivity index (χ1n) is 13.4. The van der Waals surface area contributed by atoms with E-state index < -0.39 is 0 Å². The Morgan fingerprint density at radius 1 is 0.487 bits per heavy atom. The summed E-state index contributed by atoms with van der Waals surface area (Å²) in [5, 5.41) is 4.89. The van der Waals surface area contributed by atoms with Crippen LogP contribution >= 0.6 is 0 Å². The van der Waals surface area contributed by atoms with Gasteiger partial charge in [0.05, 0.1) is 11.0 Å². The zero-order valence-corrected chi connectivity index (χ0v) is 21.3. The van der Waals surface area contributed by atoms with Gasteiger partial charge < -0.3 is 8.98 Å². The average molecular weight is 500 g/mol. The first kappa shape index (κ1) is 22.0. The molecule has 0 saturated heterocycles. The van der Waals surface area contributed by atoms with E-state index in [1.54, 1.807) is 0 Å². The van der Waals surface area contributed by atoms with Crippen LogP contribution < -0.4 is 0 Å². The van der Waals surface area contributed by atoms with Crippen LogP contribution in [0.2, 0.25) is 0 Å². The van der Waals surface area contributed by atoms with Gasteiger partial charge >= 0.3 is 0 Å². The fraction of sp³-hybridized carbons (Fsp3) is 0.0270. The second-order valence-electron chi connectivity index (χ2n) is 10.2. The molecule has 0 aliphatic rings. The van der Waals surface area contributed by atoms with E-state index in [1.807, 2.05) is 12.1 Å². The molecule has 2 heterocycles. The number of hydrogen-bond acceptors (Lipinski definition) is 1. The van der Waals surface area contributed by atoms with Gasteiger partial charge in [0.25, 0.3) is 0 Å². The molecule has 0 radical (unpaired) electrons. The predicted octanol–water partition coefficient (Wildman–Crippen LogP) is 9.94. The van der Waals surface area contributed by atoms with Crippen molar-refractivity contribution < 1.29 is 4.42 Å². The molecule has 0 N–H and O–H groups in total. The van der Waals surface area contributed by atoms with Crippen molar-refractivity contribution in [2.45, 2.75) is 6.42 Å². The number of fused-ring (bicyclic) bond motifs is 6. The molecule has 8 rings (SSSR count). The maximum absolute atomic E-state index is 6.30. The third-order valence-electron chi connectivity index (χ3n) is 7.83. The quantitative estimate of drug-likeness (QED) is 0.236. The molecular formula is C37H25NO. The van der Waals surface area contributed by atoms with E-state index in [1.165, 1.54) is 44.2 Å². The number of hydrogen-bond donors (Lipinski definition) is 0. The predicted molar refractivity (Wildman–Crippen MR) is 163 cm³/mol. The van der Waals surface area contributed by atoms with Crippen molar-refractivity contribution in [3.8, 4) is 16.8 Å². The summed E-state index contributed by atoms with van der Waals surface area (Å²) in [6.07, 6.45) is 0.872. The summed E-state index contributed by atoms with van der Waals surface area (Å²) in [6.45, 7) is 0. The van der Waals surface area contributed by atoms with Crippen molar-refractivity contribution in [3.05, 3.63) is 151 Å². The lowest BCUT2D eigenvalue weighted by Gasteiger charge is -2.10. The summed E-state index contributed by atoms with van der Waals surface area (Å²) < 4.78 is 8.67. The van der Waals surface area contributed by atoms with Gasteiger partial charge in [0.1, 0.15) is 11.2 Å². The van der Waals surface area contributed by atoms with Gasteiger partial charge in [-0.25, -0.2) is 0 Å². The average Bonchev–Trinajstić information content (AvgIpc) is 3.54. The molecule has 0 amide bonds. The van der Waals surface area contributed by atoms with Gasteiger partial charge in [-0.15, -0.1) is 0 Å². The summed E-state index contributed by atoms with van der Waals surface area (Å²) >= 11 is 0. The van der Waals surface area contributed by atoms with Gasteiger partial charge in [-0.05, 0) is 53.4 Å². The second kappa shape index (κ2) is 8.75. The van der Waals surface area contributed by atoms with E-state index >= 15 is 0 Å². The van der Waals surface area contributed by atoms with Crippen LogP contribution in [0.25, 0.3) is 60.6 Å². The van der Waals surface area contributed by atoms with Gasteiger partial charge in [-0.3, -0.25) is 0 Å². The zero-order chi connectivity index (χ0) is 25.8. The number of aromatic nitrogens is 1. The molecule has 0 unspecified atom stereocenters. The molecule has 184 valence electrons. The zero-order valence-electron chi connectivity index (χ0n) is 21.3. The van der Waals surface area contributed by atoms with E-state index in [2.05, 4.69) is 132 Å². The highest BCUT2D eigenvalue weighted by molar-refractivity contribution is 6.10. The third kappa shape index (κ3) is 3.57. The normalized spacial score (nSPS) is 11.7. The Labute approximate surface area is 226 Å². The molecule has 0 saturated carbocycles. The molecule has 2 heteroatoms. The summed E-state index contributed by atoms with van der Waals surface area (Å²) in [4.78, 5) is 0. The second-order valence-corrected chi connectivity index (χ2v) is 10.2. The SMILES string of the molecule is c1cc(Cc2ccc(-n3c4ccccc4c4ccccc43)cc2)cc(-c2cccc3c2oc2ccccc23)c1. The van der Waals surface area contributed by atoms with Gasteiger partial charge in [0.15, 0.2) is 0 Å². The molecule has 0 atom stereocenters. The van der Waals surface area contributed by atoms with Crippen LogP contribution in [-0.2, 0) is 6.42 Å². The van der Waals surface area contributed by atoms with Crippen LogP contribution in [0.1, 0.15) is 11.1 Å². The third-order valence-corrected chi connectivity index (χ3v) is 7.83. The van der Waals surface area contributed by atoms with Gasteiger partial charge in [-0.1, -0.05) is 109 Å². The summed E-state index contributed by atoms with van der Waals surface area (Å²) in [6, 6.07) is 49.8. The number of para-hydroxylation sites is 4. The lowest BCUT2D eigenvalue weighted by atomic mass is 9.97. The fourth-order valence-electron chi connectivity index (χ4n) is 6.02. The summed E-state index contributed by atoms with van der Waals surface area (Å²) in [5.41, 5.74) is 10.4. The minimum absolute atomic E-state index is 0.872. The van der Waals surface area contributed by atoms with Crippen LogP contribution in [0.4, 0.5) is 0 Å². The van der Waals surface area contributed by atoms with E-state index in [4.69, 9.17) is 4.42 Å². The van der Waals surface area contributed by atoms with Crippen molar-refractivity contribution in [1.82, 2.24) is 4.57 Å². The number of rotatable bonds is 4. The Kier molecular flexibility index (Phi) is 4.92. The van der Waals surface area contributed by atoms with Gasteiger partial charge in [-0.2, -0.15) is 0 Å². The maximum atomic E-state index is 6.30. The molecule has 6 aromatic carbocycles. The lowest BCUT2D eigenvalue weighted by molar-refractivity contribution is 0.670. The highest BCUT2D eigenvalue weighted by atomic mass is 16.3. The molecule has 0 aliphatic heterocycles. The minimum atomic E-state index is 0.872. The molecule has 39 heavy (non-hydrogen) atoms. The molecular weight excluding hydrogens is 474 g/mol. The van der Waals surface area contributed by atoms with Crippen molar-refractivity contribution in [2.75, 3.05) is 0 Å². The minimum Gasteiger partial charge on any atom is -0.455 e. The van der Waals surface area contributed by atoms with E-state index in [-0.39, 0.29) is 0 Å². The Morgan fingerprint density at radius 3 is 1.90 bits per heavy atom. The molecule has 0 fully saturated rings. The first-order valence-corrected chi connectivity index (χ1v) is 13.4. The maximum Gasteiger partial charge on any atom is 0.143 e. The van der Waals surface area contributed by atoms with Gasteiger partial charge in [0, 0.05) is 32.8 Å². The molecule has 2 aromatic heterocycles. The van der Waals surface area contributed by atoms with Gasteiger partial charge in [0.2, 0.25) is 0 Å². The van der Waals surface area contributed by atoms with Crippen molar-refractivity contribution in [2.24, 2.45) is 0 Å². The monoisotopic (exact) mass is 499 g/mol. The largest absolute Gasteiger partial charge is 0.455 e. The van der Waals surface area contributed by atoms with E-state index in [0.29, 0.717) is 0 Å². The Morgan fingerprint density at radius 2 is 1.13 bits per heavy atom. The number of nitrogens with zero attached hydrogens (tertiary/aromatic N) is 1. The van der Waals surface area contributed by atoms with Crippen molar-refractivity contribution in [1.29, 1.82) is 0 Å². The highest BCUT2D eigenvalue weighted by Gasteiger charge is 2.13. The Hall–Kier alpha value is -5.08. The van der Waals surface area contributed by atoms with Crippen LogP contribution in [0.5, 0.6) is 0 Å².